The molecule has 1 atom stereocenters. The van der Waals surface area contributed by atoms with Gasteiger partial charge in [0.1, 0.15) is 23.0 Å². The van der Waals surface area contributed by atoms with Crippen LogP contribution in [0, 0.1) is 20.4 Å². The maximum atomic E-state index is 14.5. The smallest absolute Gasteiger partial charge is 0.419 e. The second-order valence-electron chi connectivity index (χ2n) is 7.38. The van der Waals surface area contributed by atoms with E-state index in [1.165, 1.54) is 6.07 Å². The number of alkyl halides is 6. The normalized spacial score (nSPS) is 17.7. The summed E-state index contributed by atoms with van der Waals surface area (Å²) >= 11 is 6.12. The zero-order valence-corrected chi connectivity index (χ0v) is 17.7. The van der Waals surface area contributed by atoms with E-state index in [1.54, 1.807) is 13.8 Å². The Bertz CT molecular complexity index is 1340. The Kier molecular flexibility index (Phi) is 4.87. The van der Waals surface area contributed by atoms with Gasteiger partial charge in [-0.15, -0.1) is 11.3 Å². The van der Waals surface area contributed by atoms with Crippen LogP contribution in [0.3, 0.4) is 0 Å². The molecule has 3 aromatic rings. The SMILES string of the molecule is [C-]#[N+]c1nn2c(c1-c1cc(C)oc1C)NC(C=C)(C(F)(F)F)c1cc(C(F)(F)F)cc(Cl)c1-2. The molecule has 1 aliphatic heterocycles. The summed E-state index contributed by atoms with van der Waals surface area (Å²) in [5, 5.41) is 5.71. The van der Waals surface area contributed by atoms with E-state index in [0.717, 1.165) is 4.68 Å². The third-order valence-electron chi connectivity index (χ3n) is 5.38. The van der Waals surface area contributed by atoms with Gasteiger partial charge in [0.15, 0.2) is 5.54 Å². The van der Waals surface area contributed by atoms with E-state index in [4.69, 9.17) is 22.6 Å². The predicted octanol–water partition coefficient (Wildman–Crippen LogP) is 7.34. The van der Waals surface area contributed by atoms with Gasteiger partial charge >= 0.3 is 18.2 Å². The quantitative estimate of drug-likeness (QED) is 0.234. The summed E-state index contributed by atoms with van der Waals surface area (Å²) in [7, 11) is 0. The van der Waals surface area contributed by atoms with Crippen molar-refractivity contribution in [1.82, 2.24) is 9.78 Å². The summed E-state index contributed by atoms with van der Waals surface area (Å²) in [6, 6.07) is 2.40. The molecule has 0 saturated heterocycles. The molecule has 3 heterocycles. The lowest BCUT2D eigenvalue weighted by Gasteiger charge is -2.39. The van der Waals surface area contributed by atoms with Crippen molar-refractivity contribution in [2.24, 2.45) is 0 Å². The highest BCUT2D eigenvalue weighted by atomic mass is 35.5. The fourth-order valence-electron chi connectivity index (χ4n) is 3.92. The summed E-state index contributed by atoms with van der Waals surface area (Å²) in [6.07, 6.45) is -9.63. The van der Waals surface area contributed by atoms with Crippen molar-refractivity contribution in [2.75, 3.05) is 5.32 Å². The van der Waals surface area contributed by atoms with Gasteiger partial charge in [0.05, 0.1) is 16.1 Å². The molecule has 33 heavy (non-hydrogen) atoms. The Labute approximate surface area is 188 Å². The molecule has 172 valence electrons. The molecule has 0 bridgehead atoms. The minimum atomic E-state index is -5.14. The molecule has 0 fully saturated rings. The minimum Gasteiger partial charge on any atom is -0.466 e. The van der Waals surface area contributed by atoms with Gasteiger partial charge in [-0.05, 0) is 37.1 Å². The third kappa shape index (κ3) is 3.20. The van der Waals surface area contributed by atoms with E-state index in [2.05, 4.69) is 21.8 Å². The van der Waals surface area contributed by atoms with E-state index in [0.29, 0.717) is 35.3 Å². The van der Waals surface area contributed by atoms with Gasteiger partial charge in [-0.1, -0.05) is 24.2 Å². The number of aryl methyl sites for hydroxylation is 2. The summed E-state index contributed by atoms with van der Waals surface area (Å²) in [6.45, 7) is 13.9. The molecule has 1 N–H and O–H groups in total. The molecule has 0 saturated carbocycles. The molecule has 2 aromatic heterocycles. The van der Waals surface area contributed by atoms with Crippen molar-refractivity contribution in [1.29, 1.82) is 0 Å². The van der Waals surface area contributed by atoms with Gasteiger partial charge in [0.25, 0.3) is 0 Å². The van der Waals surface area contributed by atoms with Gasteiger partial charge in [-0.25, -0.2) is 0 Å². The molecule has 0 radical (unpaired) electrons. The first-order valence-electron chi connectivity index (χ1n) is 9.23. The maximum Gasteiger partial charge on any atom is 0.419 e. The first kappa shape index (κ1) is 22.8. The first-order valence-corrected chi connectivity index (χ1v) is 9.61. The standard InChI is InChI=1S/C21H13ClF6N4O/c1-5-19(21(26,27)28)13-7-11(20(23,24)25)8-14(22)16(13)32-18(30-19)15(17(29-4)31-32)12-6-9(2)33-10(12)3/h5-8,30H,1H2,2-3H3. The van der Waals surface area contributed by atoms with Crippen molar-refractivity contribution in [2.45, 2.75) is 31.7 Å². The number of nitrogens with zero attached hydrogens (tertiary/aromatic N) is 3. The average Bonchev–Trinajstić information content (AvgIpc) is 3.23. The van der Waals surface area contributed by atoms with Crippen LogP contribution in [0.25, 0.3) is 21.7 Å². The van der Waals surface area contributed by atoms with Crippen LogP contribution in [0.5, 0.6) is 0 Å². The first-order chi connectivity index (χ1) is 15.2. The maximum absolute atomic E-state index is 14.5. The Morgan fingerprint density at radius 1 is 1.21 bits per heavy atom. The summed E-state index contributed by atoms with van der Waals surface area (Å²) in [5.41, 5.74) is -5.50. The number of fused-ring (bicyclic) bond motifs is 3. The summed E-state index contributed by atoms with van der Waals surface area (Å²) < 4.78 is 90.0. The molecule has 12 heteroatoms. The van der Waals surface area contributed by atoms with Gasteiger partial charge in [-0.3, -0.25) is 0 Å². The second kappa shape index (κ2) is 7.05. The molecule has 1 aromatic carbocycles. The molecule has 1 aliphatic rings. The largest absolute Gasteiger partial charge is 0.466 e. The van der Waals surface area contributed by atoms with Crippen LogP contribution in [0.4, 0.5) is 38.0 Å². The number of furan rings is 1. The van der Waals surface area contributed by atoms with Crippen molar-refractivity contribution in [3.63, 3.8) is 0 Å². The van der Waals surface area contributed by atoms with Crippen LogP contribution in [0.15, 0.2) is 35.3 Å². The van der Waals surface area contributed by atoms with Crippen LogP contribution in [0.1, 0.15) is 22.6 Å². The van der Waals surface area contributed by atoms with Crippen LogP contribution >= 0.6 is 11.6 Å². The Hall–Kier alpha value is -3.39. The molecule has 4 rings (SSSR count). The predicted molar refractivity (Wildman–Crippen MR) is 109 cm³/mol. The van der Waals surface area contributed by atoms with Crippen LogP contribution in [-0.4, -0.2) is 16.0 Å². The monoisotopic (exact) mass is 486 g/mol. The molecular weight excluding hydrogens is 474 g/mol. The third-order valence-corrected chi connectivity index (χ3v) is 5.67. The summed E-state index contributed by atoms with van der Waals surface area (Å²) in [5.74, 6) is 0.186. The number of aromatic nitrogens is 2. The van der Waals surface area contributed by atoms with Crippen LogP contribution in [0.2, 0.25) is 5.02 Å². The highest BCUT2D eigenvalue weighted by molar-refractivity contribution is 6.32. The summed E-state index contributed by atoms with van der Waals surface area (Å²) in [4.78, 5) is 3.30. The number of anilines is 1. The lowest BCUT2D eigenvalue weighted by Crippen LogP contribution is -2.50. The molecular formula is C21H13ClF6N4O. The number of benzene rings is 1. The van der Waals surface area contributed by atoms with Gasteiger partial charge in [-0.2, -0.15) is 26.3 Å². The van der Waals surface area contributed by atoms with Crippen molar-refractivity contribution in [3.05, 3.63) is 69.9 Å². The fraction of sp³-hybridized carbons (Fsp3) is 0.238. The van der Waals surface area contributed by atoms with E-state index in [1.807, 2.05) is 0 Å². The van der Waals surface area contributed by atoms with Crippen LogP contribution in [-0.2, 0) is 11.7 Å². The van der Waals surface area contributed by atoms with Gasteiger partial charge in [0.2, 0.25) is 0 Å². The number of rotatable bonds is 2. The lowest BCUT2D eigenvalue weighted by molar-refractivity contribution is -0.169. The zero-order chi connectivity index (χ0) is 24.5. The molecule has 0 aliphatic carbocycles. The second-order valence-corrected chi connectivity index (χ2v) is 7.79. The van der Waals surface area contributed by atoms with Crippen LogP contribution < -0.4 is 5.32 Å². The van der Waals surface area contributed by atoms with Crippen molar-refractivity contribution < 1.29 is 30.8 Å². The average molecular weight is 487 g/mol. The number of hydrogen-bond acceptors (Lipinski definition) is 3. The van der Waals surface area contributed by atoms with Crippen molar-refractivity contribution in [3.8, 4) is 16.8 Å². The van der Waals surface area contributed by atoms with E-state index in [9.17, 15) is 26.3 Å². The fourth-order valence-corrected chi connectivity index (χ4v) is 4.22. The minimum absolute atomic E-state index is 0.00330. The highest BCUT2D eigenvalue weighted by Crippen LogP contribution is 2.54. The van der Waals surface area contributed by atoms with E-state index >= 15 is 0 Å². The molecule has 0 amide bonds. The number of nitrogens with one attached hydrogen (secondary N) is 1. The van der Waals surface area contributed by atoms with E-state index < -0.39 is 39.7 Å². The Morgan fingerprint density at radius 3 is 2.36 bits per heavy atom. The van der Waals surface area contributed by atoms with Gasteiger partial charge in [0, 0.05) is 11.1 Å². The Balaban J connectivity index is 2.17. The zero-order valence-electron chi connectivity index (χ0n) is 16.9. The molecule has 5 nitrogen and oxygen atoms in total. The van der Waals surface area contributed by atoms with E-state index in [-0.39, 0.29) is 17.2 Å². The molecule has 0 spiro atoms. The van der Waals surface area contributed by atoms with Gasteiger partial charge < -0.3 is 14.6 Å². The highest BCUT2D eigenvalue weighted by Gasteiger charge is 2.59. The lowest BCUT2D eigenvalue weighted by atomic mass is 9.84. The number of hydrogen-bond donors (Lipinski definition) is 1. The topological polar surface area (TPSA) is 47.4 Å². The molecule has 1 unspecified atom stereocenters. The number of halogens is 7. The Morgan fingerprint density at radius 2 is 1.88 bits per heavy atom. The van der Waals surface area contributed by atoms with Crippen molar-refractivity contribution >= 4 is 23.2 Å².